The third kappa shape index (κ3) is 3.20. The van der Waals surface area contributed by atoms with E-state index >= 15 is 0 Å². The molecule has 6 heteroatoms. The number of aromatic nitrogens is 2. The first-order chi connectivity index (χ1) is 8.97. The monoisotopic (exact) mass is 325 g/mol. The molecule has 0 radical (unpaired) electrons. The number of rotatable bonds is 3. The Morgan fingerprint density at radius 2 is 2.16 bits per heavy atom. The van der Waals surface area contributed by atoms with Crippen LogP contribution in [0.2, 0.25) is 0 Å². The Kier molecular flexibility index (Phi) is 3.99. The molecule has 0 unspecified atom stereocenters. The lowest BCUT2D eigenvalue weighted by molar-refractivity contribution is 0.102. The maximum atomic E-state index is 13.3. The lowest BCUT2D eigenvalue weighted by Gasteiger charge is -2.05. The molecule has 0 spiro atoms. The second-order valence-corrected chi connectivity index (χ2v) is 5.21. The van der Waals surface area contributed by atoms with Crippen molar-refractivity contribution in [3.63, 3.8) is 0 Å². The van der Waals surface area contributed by atoms with Crippen LogP contribution in [0.1, 0.15) is 30.2 Å². The molecule has 4 nitrogen and oxygen atoms in total. The summed E-state index contributed by atoms with van der Waals surface area (Å²) >= 11 is 3.04. The molecule has 1 aromatic carbocycles. The minimum atomic E-state index is -0.472. The highest BCUT2D eigenvalue weighted by Gasteiger charge is 2.10. The number of halogens is 2. The smallest absolute Gasteiger partial charge is 0.256 e. The van der Waals surface area contributed by atoms with Gasteiger partial charge < -0.3 is 5.32 Å². The van der Waals surface area contributed by atoms with E-state index in [9.17, 15) is 9.18 Å². The zero-order chi connectivity index (χ0) is 14.0. The van der Waals surface area contributed by atoms with E-state index < -0.39 is 5.82 Å². The van der Waals surface area contributed by atoms with Crippen LogP contribution in [0.25, 0.3) is 0 Å². The third-order valence-electron chi connectivity index (χ3n) is 2.56. The number of hydrogen-bond donors (Lipinski definition) is 1. The van der Waals surface area contributed by atoms with Gasteiger partial charge >= 0.3 is 0 Å². The number of anilines is 1. The number of carbonyl (C=O) groups excluding carboxylic acids is 1. The first-order valence-electron chi connectivity index (χ1n) is 5.79. The fraction of sp³-hybridized carbons (Fsp3) is 0.231. The summed E-state index contributed by atoms with van der Waals surface area (Å²) in [6.07, 6.45) is 1.78. The van der Waals surface area contributed by atoms with Crippen LogP contribution in [0.3, 0.4) is 0 Å². The van der Waals surface area contributed by atoms with Gasteiger partial charge in [0, 0.05) is 23.9 Å². The zero-order valence-electron chi connectivity index (χ0n) is 10.5. The lowest BCUT2D eigenvalue weighted by Crippen LogP contribution is -2.13. The fourth-order valence-corrected chi connectivity index (χ4v) is 1.76. The van der Waals surface area contributed by atoms with Crippen LogP contribution in [0.5, 0.6) is 0 Å². The molecule has 1 heterocycles. The summed E-state index contributed by atoms with van der Waals surface area (Å²) in [7, 11) is 0. The largest absolute Gasteiger partial charge is 0.305 e. The molecular formula is C13H13BrFN3O. The van der Waals surface area contributed by atoms with Crippen LogP contribution in [-0.2, 0) is 0 Å². The SMILES string of the molecule is CC(C)n1ccc(NC(=O)c2ccc(Br)c(F)c2)n1. The van der Waals surface area contributed by atoms with Crippen molar-refractivity contribution in [2.75, 3.05) is 5.32 Å². The Hall–Kier alpha value is -1.69. The second kappa shape index (κ2) is 5.52. The van der Waals surface area contributed by atoms with E-state index in [-0.39, 0.29) is 17.5 Å². The zero-order valence-corrected chi connectivity index (χ0v) is 12.1. The molecule has 0 fully saturated rings. The Morgan fingerprint density at radius 3 is 2.74 bits per heavy atom. The number of carbonyl (C=O) groups is 1. The Labute approximate surface area is 118 Å². The van der Waals surface area contributed by atoms with Crippen molar-refractivity contribution in [3.05, 3.63) is 46.3 Å². The molecule has 0 bridgehead atoms. The van der Waals surface area contributed by atoms with Crippen LogP contribution in [0.4, 0.5) is 10.2 Å². The quantitative estimate of drug-likeness (QED) is 0.936. The van der Waals surface area contributed by atoms with Crippen LogP contribution in [0, 0.1) is 5.82 Å². The molecule has 1 amide bonds. The van der Waals surface area contributed by atoms with E-state index in [1.54, 1.807) is 23.0 Å². The highest BCUT2D eigenvalue weighted by molar-refractivity contribution is 9.10. The predicted octanol–water partition coefficient (Wildman–Crippen LogP) is 3.62. The van der Waals surface area contributed by atoms with Gasteiger partial charge in [0.2, 0.25) is 0 Å². The van der Waals surface area contributed by atoms with Gasteiger partial charge in [0.15, 0.2) is 5.82 Å². The summed E-state index contributed by atoms with van der Waals surface area (Å²) < 4.78 is 15.4. The Morgan fingerprint density at radius 1 is 1.42 bits per heavy atom. The van der Waals surface area contributed by atoms with Crippen molar-refractivity contribution in [2.45, 2.75) is 19.9 Å². The lowest BCUT2D eigenvalue weighted by atomic mass is 10.2. The average Bonchev–Trinajstić information content (AvgIpc) is 2.81. The highest BCUT2D eigenvalue weighted by Crippen LogP contribution is 2.17. The molecular weight excluding hydrogens is 313 g/mol. The topological polar surface area (TPSA) is 46.9 Å². The van der Waals surface area contributed by atoms with Gasteiger partial charge in [-0.2, -0.15) is 5.10 Å². The molecule has 1 N–H and O–H groups in total. The molecule has 1 aromatic heterocycles. The number of amides is 1. The maximum absolute atomic E-state index is 13.3. The van der Waals surface area contributed by atoms with Gasteiger partial charge in [0.1, 0.15) is 5.82 Å². The molecule has 19 heavy (non-hydrogen) atoms. The van der Waals surface area contributed by atoms with Crippen molar-refractivity contribution >= 4 is 27.7 Å². The van der Waals surface area contributed by atoms with E-state index in [2.05, 4.69) is 26.3 Å². The average molecular weight is 326 g/mol. The van der Waals surface area contributed by atoms with Crippen molar-refractivity contribution in [1.82, 2.24) is 9.78 Å². The first kappa shape index (κ1) is 13.7. The van der Waals surface area contributed by atoms with Gasteiger partial charge in [-0.05, 0) is 48.0 Å². The van der Waals surface area contributed by atoms with Gasteiger partial charge in [-0.25, -0.2) is 4.39 Å². The molecule has 2 rings (SSSR count). The van der Waals surface area contributed by atoms with Crippen LogP contribution >= 0.6 is 15.9 Å². The van der Waals surface area contributed by atoms with Crippen LogP contribution in [-0.4, -0.2) is 15.7 Å². The fourth-order valence-electron chi connectivity index (χ4n) is 1.52. The van der Waals surface area contributed by atoms with Crippen LogP contribution < -0.4 is 5.32 Å². The normalized spacial score (nSPS) is 10.8. The molecule has 0 aliphatic carbocycles. The summed E-state index contributed by atoms with van der Waals surface area (Å²) in [5, 5.41) is 6.82. The molecule has 0 aliphatic heterocycles. The van der Waals surface area contributed by atoms with E-state index in [4.69, 9.17) is 0 Å². The second-order valence-electron chi connectivity index (χ2n) is 4.36. The summed E-state index contributed by atoms with van der Waals surface area (Å²) in [5.74, 6) is -0.414. The molecule has 0 aliphatic rings. The summed E-state index contributed by atoms with van der Waals surface area (Å²) in [6, 6.07) is 6.14. The Bertz CT molecular complexity index is 610. The molecule has 0 saturated carbocycles. The molecule has 100 valence electrons. The van der Waals surface area contributed by atoms with E-state index in [1.165, 1.54) is 12.1 Å². The molecule has 2 aromatic rings. The molecule has 0 atom stereocenters. The minimum absolute atomic E-state index is 0.218. The number of nitrogens with one attached hydrogen (secondary N) is 1. The van der Waals surface area contributed by atoms with E-state index in [1.807, 2.05) is 13.8 Å². The van der Waals surface area contributed by atoms with E-state index in [0.717, 1.165) is 0 Å². The maximum Gasteiger partial charge on any atom is 0.256 e. The van der Waals surface area contributed by atoms with Crippen molar-refractivity contribution < 1.29 is 9.18 Å². The van der Waals surface area contributed by atoms with Gasteiger partial charge in [0.05, 0.1) is 4.47 Å². The standard InChI is InChI=1S/C13H13BrFN3O/c1-8(2)18-6-5-12(17-18)16-13(19)9-3-4-10(14)11(15)7-9/h3-8H,1-2H3,(H,16,17,19). The van der Waals surface area contributed by atoms with E-state index in [0.29, 0.717) is 10.3 Å². The Balaban J connectivity index is 2.13. The number of nitrogens with zero attached hydrogens (tertiary/aromatic N) is 2. The van der Waals surface area contributed by atoms with Crippen molar-refractivity contribution in [3.8, 4) is 0 Å². The summed E-state index contributed by atoms with van der Waals surface area (Å²) in [4.78, 5) is 11.9. The predicted molar refractivity (Wildman–Crippen MR) is 74.7 cm³/mol. The highest BCUT2D eigenvalue weighted by atomic mass is 79.9. The van der Waals surface area contributed by atoms with Gasteiger partial charge in [-0.1, -0.05) is 0 Å². The number of benzene rings is 1. The number of hydrogen-bond acceptors (Lipinski definition) is 2. The van der Waals surface area contributed by atoms with Gasteiger partial charge in [-0.3, -0.25) is 9.48 Å². The first-order valence-corrected chi connectivity index (χ1v) is 6.58. The van der Waals surface area contributed by atoms with Crippen molar-refractivity contribution in [2.24, 2.45) is 0 Å². The van der Waals surface area contributed by atoms with Crippen LogP contribution in [0.15, 0.2) is 34.9 Å². The van der Waals surface area contributed by atoms with Gasteiger partial charge in [-0.15, -0.1) is 0 Å². The summed E-state index contributed by atoms with van der Waals surface area (Å²) in [5.41, 5.74) is 0.250. The molecule has 0 saturated heterocycles. The van der Waals surface area contributed by atoms with Gasteiger partial charge in [0.25, 0.3) is 5.91 Å². The van der Waals surface area contributed by atoms with Crippen molar-refractivity contribution in [1.29, 1.82) is 0 Å². The summed E-state index contributed by atoms with van der Waals surface area (Å²) in [6.45, 7) is 3.98. The minimum Gasteiger partial charge on any atom is -0.305 e. The third-order valence-corrected chi connectivity index (χ3v) is 3.20.